The minimum absolute atomic E-state index is 0.00512. The van der Waals surface area contributed by atoms with Crippen molar-refractivity contribution in [1.29, 1.82) is 0 Å². The molecule has 0 saturated carbocycles. The van der Waals surface area contributed by atoms with Gasteiger partial charge < -0.3 is 0 Å². The summed E-state index contributed by atoms with van der Waals surface area (Å²) in [6.45, 7) is 1.91. The van der Waals surface area contributed by atoms with Crippen molar-refractivity contribution < 1.29 is 12.8 Å². The molecule has 0 bridgehead atoms. The van der Waals surface area contributed by atoms with E-state index in [0.717, 1.165) is 17.7 Å². The smallest absolute Gasteiger partial charge is 0.263 e. The van der Waals surface area contributed by atoms with E-state index in [-0.39, 0.29) is 9.37 Å². The third kappa shape index (κ3) is 3.33. The first-order valence-electron chi connectivity index (χ1n) is 5.43. The van der Waals surface area contributed by atoms with Gasteiger partial charge in [-0.1, -0.05) is 17.7 Å². The van der Waals surface area contributed by atoms with Crippen LogP contribution in [0.4, 0.5) is 10.1 Å². The first-order valence-corrected chi connectivity index (χ1v) is 7.71. The molecule has 0 fully saturated rings. The first-order chi connectivity index (χ1) is 8.88. The van der Waals surface area contributed by atoms with E-state index in [1.54, 1.807) is 24.3 Å². The SMILES string of the molecule is Cc1ccc(NS(=O)(=O)c2ccc(F)cc2Br)cc1. The van der Waals surface area contributed by atoms with Gasteiger partial charge in [-0.25, -0.2) is 12.8 Å². The Labute approximate surface area is 119 Å². The number of benzene rings is 2. The van der Waals surface area contributed by atoms with Crippen LogP contribution in [0.15, 0.2) is 51.8 Å². The van der Waals surface area contributed by atoms with Gasteiger partial charge in [-0.2, -0.15) is 0 Å². The fraction of sp³-hybridized carbons (Fsp3) is 0.0769. The highest BCUT2D eigenvalue weighted by Crippen LogP contribution is 2.25. The Kier molecular flexibility index (Phi) is 3.91. The molecule has 0 spiro atoms. The van der Waals surface area contributed by atoms with Gasteiger partial charge in [0.2, 0.25) is 0 Å². The van der Waals surface area contributed by atoms with Crippen molar-refractivity contribution in [2.45, 2.75) is 11.8 Å². The monoisotopic (exact) mass is 343 g/mol. The third-order valence-corrected chi connectivity index (χ3v) is 4.85. The van der Waals surface area contributed by atoms with Gasteiger partial charge in [0.05, 0.1) is 0 Å². The van der Waals surface area contributed by atoms with E-state index >= 15 is 0 Å². The molecule has 0 amide bonds. The van der Waals surface area contributed by atoms with Crippen LogP contribution in [0, 0.1) is 12.7 Å². The van der Waals surface area contributed by atoms with Crippen molar-refractivity contribution in [1.82, 2.24) is 0 Å². The zero-order valence-electron chi connectivity index (χ0n) is 10.0. The number of sulfonamides is 1. The van der Waals surface area contributed by atoms with Crippen molar-refractivity contribution in [2.24, 2.45) is 0 Å². The molecule has 2 aromatic rings. The van der Waals surface area contributed by atoms with E-state index < -0.39 is 15.8 Å². The fourth-order valence-corrected chi connectivity index (χ4v) is 3.63. The summed E-state index contributed by atoms with van der Waals surface area (Å²) in [7, 11) is -3.74. The van der Waals surface area contributed by atoms with E-state index in [1.165, 1.54) is 6.07 Å². The Balaban J connectivity index is 2.35. The predicted octanol–water partition coefficient (Wildman–Crippen LogP) is 3.70. The largest absolute Gasteiger partial charge is 0.280 e. The van der Waals surface area contributed by atoms with Crippen LogP contribution < -0.4 is 4.72 Å². The molecule has 100 valence electrons. The standard InChI is InChI=1S/C13H11BrFNO2S/c1-9-2-5-11(6-3-9)16-19(17,18)13-7-4-10(15)8-12(13)14/h2-8,16H,1H3. The van der Waals surface area contributed by atoms with Crippen molar-refractivity contribution in [3.8, 4) is 0 Å². The van der Waals surface area contributed by atoms with Crippen molar-refractivity contribution in [2.75, 3.05) is 4.72 Å². The normalized spacial score (nSPS) is 11.3. The predicted molar refractivity (Wildman–Crippen MR) is 76.1 cm³/mol. The zero-order chi connectivity index (χ0) is 14.0. The molecule has 3 nitrogen and oxygen atoms in total. The number of rotatable bonds is 3. The van der Waals surface area contributed by atoms with E-state index in [4.69, 9.17) is 0 Å². The van der Waals surface area contributed by atoms with Crippen LogP contribution >= 0.6 is 15.9 Å². The minimum atomic E-state index is -3.74. The molecule has 6 heteroatoms. The quantitative estimate of drug-likeness (QED) is 0.923. The lowest BCUT2D eigenvalue weighted by Crippen LogP contribution is -2.13. The maximum atomic E-state index is 13.0. The van der Waals surface area contributed by atoms with Crippen LogP contribution in [0.5, 0.6) is 0 Å². The molecule has 0 heterocycles. The molecule has 2 aromatic carbocycles. The molecule has 0 aliphatic rings. The first kappa shape index (κ1) is 14.0. The van der Waals surface area contributed by atoms with Crippen LogP contribution in [0.3, 0.4) is 0 Å². The lowest BCUT2D eigenvalue weighted by atomic mass is 10.2. The van der Waals surface area contributed by atoms with Crippen LogP contribution in [-0.2, 0) is 10.0 Å². The van der Waals surface area contributed by atoms with Crippen LogP contribution in [0.1, 0.15) is 5.56 Å². The van der Waals surface area contributed by atoms with E-state index in [1.807, 2.05) is 6.92 Å². The number of hydrogen-bond acceptors (Lipinski definition) is 2. The number of halogens is 2. The minimum Gasteiger partial charge on any atom is -0.280 e. The van der Waals surface area contributed by atoms with Crippen molar-refractivity contribution in [3.05, 3.63) is 58.3 Å². The van der Waals surface area contributed by atoms with Crippen molar-refractivity contribution >= 4 is 31.6 Å². The van der Waals surface area contributed by atoms with Gasteiger partial charge in [0.1, 0.15) is 10.7 Å². The highest BCUT2D eigenvalue weighted by molar-refractivity contribution is 9.10. The Morgan fingerprint density at radius 2 is 1.74 bits per heavy atom. The lowest BCUT2D eigenvalue weighted by Gasteiger charge is -2.09. The second-order valence-corrected chi connectivity index (χ2v) is 6.55. The number of anilines is 1. The average molecular weight is 344 g/mol. The Morgan fingerprint density at radius 1 is 1.11 bits per heavy atom. The van der Waals surface area contributed by atoms with Crippen LogP contribution in [0.2, 0.25) is 0 Å². The van der Waals surface area contributed by atoms with Gasteiger partial charge >= 0.3 is 0 Å². The summed E-state index contributed by atoms with van der Waals surface area (Å²) < 4.78 is 39.9. The molecule has 19 heavy (non-hydrogen) atoms. The zero-order valence-corrected chi connectivity index (χ0v) is 12.4. The van der Waals surface area contributed by atoms with Gasteiger partial charge in [0.25, 0.3) is 10.0 Å². The highest BCUT2D eigenvalue weighted by atomic mass is 79.9. The summed E-state index contributed by atoms with van der Waals surface area (Å²) in [6, 6.07) is 10.4. The maximum Gasteiger partial charge on any atom is 0.263 e. The summed E-state index contributed by atoms with van der Waals surface area (Å²) in [6.07, 6.45) is 0. The third-order valence-electron chi connectivity index (χ3n) is 2.49. The molecule has 0 aliphatic carbocycles. The van der Waals surface area contributed by atoms with Gasteiger partial charge in [0.15, 0.2) is 0 Å². The molecule has 0 unspecified atom stereocenters. The fourth-order valence-electron chi connectivity index (χ4n) is 1.52. The second-order valence-electron chi connectivity index (χ2n) is 4.05. The molecular weight excluding hydrogens is 333 g/mol. The summed E-state index contributed by atoms with van der Waals surface area (Å²) >= 11 is 3.05. The van der Waals surface area contributed by atoms with Gasteiger partial charge in [-0.05, 0) is 53.2 Å². The highest BCUT2D eigenvalue weighted by Gasteiger charge is 2.18. The number of aryl methyl sites for hydroxylation is 1. The molecule has 0 radical (unpaired) electrons. The molecule has 0 aliphatic heterocycles. The average Bonchev–Trinajstić information content (AvgIpc) is 2.31. The Morgan fingerprint density at radius 3 is 2.32 bits per heavy atom. The van der Waals surface area contributed by atoms with Gasteiger partial charge in [-0.3, -0.25) is 4.72 Å². The topological polar surface area (TPSA) is 46.2 Å². The Hall–Kier alpha value is -1.40. The van der Waals surface area contributed by atoms with E-state index in [9.17, 15) is 12.8 Å². The summed E-state index contributed by atoms with van der Waals surface area (Å²) in [5.74, 6) is -0.499. The van der Waals surface area contributed by atoms with E-state index in [2.05, 4.69) is 20.7 Å². The maximum absolute atomic E-state index is 13.0. The molecular formula is C13H11BrFNO2S. The Bertz CT molecular complexity index is 699. The number of hydrogen-bond donors (Lipinski definition) is 1. The van der Waals surface area contributed by atoms with Gasteiger partial charge in [0, 0.05) is 10.2 Å². The molecule has 2 rings (SSSR count). The summed E-state index contributed by atoms with van der Waals surface area (Å²) in [5, 5.41) is 0. The number of nitrogens with one attached hydrogen (secondary N) is 1. The van der Waals surface area contributed by atoms with Crippen molar-refractivity contribution in [3.63, 3.8) is 0 Å². The second kappa shape index (κ2) is 5.30. The van der Waals surface area contributed by atoms with Crippen LogP contribution in [0.25, 0.3) is 0 Å². The van der Waals surface area contributed by atoms with Crippen LogP contribution in [-0.4, -0.2) is 8.42 Å². The van der Waals surface area contributed by atoms with Gasteiger partial charge in [-0.15, -0.1) is 0 Å². The summed E-state index contributed by atoms with van der Waals surface area (Å²) in [5.41, 5.74) is 1.49. The molecule has 0 atom stereocenters. The lowest BCUT2D eigenvalue weighted by molar-refractivity contribution is 0.599. The van der Waals surface area contributed by atoms with E-state index in [0.29, 0.717) is 5.69 Å². The molecule has 0 aromatic heterocycles. The summed E-state index contributed by atoms with van der Waals surface area (Å²) in [4.78, 5) is -0.00512. The molecule has 0 saturated heterocycles. The molecule has 1 N–H and O–H groups in total.